The maximum atomic E-state index is 12.4. The fourth-order valence-electron chi connectivity index (χ4n) is 3.51. The largest absolute Gasteiger partial charge is 0.489 e. The summed E-state index contributed by atoms with van der Waals surface area (Å²) >= 11 is 7.92. The van der Waals surface area contributed by atoms with Crippen molar-refractivity contribution in [1.29, 1.82) is 0 Å². The molecule has 0 spiro atoms. The van der Waals surface area contributed by atoms with Crippen LogP contribution in [-0.2, 0) is 4.79 Å². The molecule has 2 fully saturated rings. The first-order valence-corrected chi connectivity index (χ1v) is 10.7. The molecule has 1 amide bonds. The molecule has 0 saturated carbocycles. The lowest BCUT2D eigenvalue weighted by Gasteiger charge is -2.35. The Hall–Kier alpha value is -0.910. The molecule has 1 aromatic rings. The van der Waals surface area contributed by atoms with Gasteiger partial charge < -0.3 is 10.1 Å². The number of nitrogens with zero attached hydrogens (tertiary/aromatic N) is 1. The summed E-state index contributed by atoms with van der Waals surface area (Å²) in [4.78, 5) is 15.0. The summed E-state index contributed by atoms with van der Waals surface area (Å²) < 4.78 is 5.81. The third kappa shape index (κ3) is 5.53. The van der Waals surface area contributed by atoms with Gasteiger partial charge >= 0.3 is 0 Å². The molecule has 138 valence electrons. The SMILES string of the molecule is C[C@@H](CNC(=O)C1CCN([C@H]2CCSC2)CC1)Oc1ccc(Cl)cc1. The molecule has 2 aliphatic rings. The molecule has 0 unspecified atom stereocenters. The number of carbonyl (C=O) groups excluding carboxylic acids is 1. The third-order valence-corrected chi connectivity index (χ3v) is 6.43. The minimum absolute atomic E-state index is 0.0688. The number of hydrogen-bond donors (Lipinski definition) is 1. The van der Waals surface area contributed by atoms with Crippen molar-refractivity contribution in [3.05, 3.63) is 29.3 Å². The van der Waals surface area contributed by atoms with Crippen LogP contribution in [0.15, 0.2) is 24.3 Å². The van der Waals surface area contributed by atoms with Crippen LogP contribution in [0.1, 0.15) is 26.2 Å². The van der Waals surface area contributed by atoms with Crippen LogP contribution in [0, 0.1) is 5.92 Å². The number of benzene rings is 1. The molecule has 6 heteroatoms. The van der Waals surface area contributed by atoms with E-state index in [4.69, 9.17) is 16.3 Å². The van der Waals surface area contributed by atoms with E-state index in [9.17, 15) is 4.79 Å². The molecule has 2 saturated heterocycles. The number of likely N-dealkylation sites (tertiary alicyclic amines) is 1. The number of halogens is 1. The van der Waals surface area contributed by atoms with Gasteiger partial charge in [0.25, 0.3) is 0 Å². The number of amides is 1. The molecular weight excluding hydrogens is 356 g/mol. The molecule has 0 bridgehead atoms. The van der Waals surface area contributed by atoms with E-state index < -0.39 is 0 Å². The van der Waals surface area contributed by atoms with Crippen LogP contribution in [0.5, 0.6) is 5.75 Å². The topological polar surface area (TPSA) is 41.6 Å². The van der Waals surface area contributed by atoms with Crippen LogP contribution < -0.4 is 10.1 Å². The monoisotopic (exact) mass is 382 g/mol. The van der Waals surface area contributed by atoms with Crippen molar-refractivity contribution in [3.63, 3.8) is 0 Å². The second kappa shape index (κ2) is 9.15. The van der Waals surface area contributed by atoms with E-state index in [-0.39, 0.29) is 17.9 Å². The summed E-state index contributed by atoms with van der Waals surface area (Å²) in [5, 5.41) is 3.75. The zero-order valence-electron chi connectivity index (χ0n) is 14.7. The second-order valence-electron chi connectivity index (χ2n) is 6.96. The first kappa shape index (κ1) is 18.9. The Kier molecular flexibility index (Phi) is 6.91. The maximum Gasteiger partial charge on any atom is 0.223 e. The van der Waals surface area contributed by atoms with E-state index in [0.29, 0.717) is 11.6 Å². The van der Waals surface area contributed by atoms with E-state index in [0.717, 1.165) is 37.7 Å². The summed E-state index contributed by atoms with van der Waals surface area (Å²) in [5.41, 5.74) is 0. The first-order chi connectivity index (χ1) is 12.1. The molecule has 2 aliphatic heterocycles. The van der Waals surface area contributed by atoms with Gasteiger partial charge in [0.1, 0.15) is 11.9 Å². The Bertz CT molecular complexity index is 555. The number of ether oxygens (including phenoxy) is 1. The van der Waals surface area contributed by atoms with Crippen molar-refractivity contribution in [2.24, 2.45) is 5.92 Å². The average Bonchev–Trinajstić information content (AvgIpc) is 3.16. The van der Waals surface area contributed by atoms with Crippen LogP contribution in [0.4, 0.5) is 0 Å². The van der Waals surface area contributed by atoms with Crippen molar-refractivity contribution in [1.82, 2.24) is 10.2 Å². The molecule has 1 N–H and O–H groups in total. The highest BCUT2D eigenvalue weighted by Crippen LogP contribution is 2.27. The highest BCUT2D eigenvalue weighted by molar-refractivity contribution is 7.99. The van der Waals surface area contributed by atoms with Crippen molar-refractivity contribution < 1.29 is 9.53 Å². The van der Waals surface area contributed by atoms with Crippen molar-refractivity contribution in [2.75, 3.05) is 31.1 Å². The van der Waals surface area contributed by atoms with Crippen LogP contribution in [0.2, 0.25) is 5.02 Å². The summed E-state index contributed by atoms with van der Waals surface area (Å²) in [5.74, 6) is 3.64. The molecule has 0 aliphatic carbocycles. The van der Waals surface area contributed by atoms with Crippen LogP contribution >= 0.6 is 23.4 Å². The molecule has 0 radical (unpaired) electrons. The fraction of sp³-hybridized carbons (Fsp3) is 0.632. The Morgan fingerprint density at radius 2 is 2.04 bits per heavy atom. The maximum absolute atomic E-state index is 12.4. The van der Waals surface area contributed by atoms with Crippen molar-refractivity contribution >= 4 is 29.3 Å². The minimum atomic E-state index is -0.0688. The molecule has 3 rings (SSSR count). The molecule has 25 heavy (non-hydrogen) atoms. The highest BCUT2D eigenvalue weighted by Gasteiger charge is 2.30. The normalized spacial score (nSPS) is 23.4. The van der Waals surface area contributed by atoms with Crippen molar-refractivity contribution in [3.8, 4) is 5.75 Å². The highest BCUT2D eigenvalue weighted by atomic mass is 35.5. The molecule has 0 aromatic heterocycles. The number of hydrogen-bond acceptors (Lipinski definition) is 4. The third-order valence-electron chi connectivity index (χ3n) is 5.04. The Morgan fingerprint density at radius 1 is 1.32 bits per heavy atom. The Balaban J connectivity index is 1.37. The predicted octanol–water partition coefficient (Wildman–Crippen LogP) is 3.44. The lowest BCUT2D eigenvalue weighted by Crippen LogP contribution is -2.46. The standard InChI is InChI=1S/C19H27ClN2O2S/c1-14(24-18-4-2-16(20)3-5-18)12-21-19(23)15-6-9-22(10-7-15)17-8-11-25-13-17/h2-5,14-15,17H,6-13H2,1H3,(H,21,23)/t14-,17-/m0/s1. The van der Waals surface area contributed by atoms with Gasteiger partial charge in [-0.2, -0.15) is 11.8 Å². The summed E-state index contributed by atoms with van der Waals surface area (Å²) in [7, 11) is 0. The minimum Gasteiger partial charge on any atom is -0.489 e. The lowest BCUT2D eigenvalue weighted by molar-refractivity contribution is -0.126. The fourth-order valence-corrected chi connectivity index (χ4v) is 4.89. The number of nitrogens with one attached hydrogen (secondary N) is 1. The van der Waals surface area contributed by atoms with E-state index in [1.807, 2.05) is 19.1 Å². The molecule has 1 aromatic carbocycles. The van der Waals surface area contributed by atoms with E-state index in [1.165, 1.54) is 17.9 Å². The van der Waals surface area contributed by atoms with Gasteiger partial charge in [-0.05, 0) is 69.3 Å². The predicted molar refractivity (Wildman–Crippen MR) is 105 cm³/mol. The summed E-state index contributed by atoms with van der Waals surface area (Å²) in [6.45, 7) is 4.61. The van der Waals surface area contributed by atoms with E-state index in [2.05, 4.69) is 22.0 Å². The molecule has 2 heterocycles. The Labute approximate surface area is 159 Å². The number of rotatable bonds is 6. The van der Waals surface area contributed by atoms with Crippen LogP contribution in [0.3, 0.4) is 0 Å². The van der Waals surface area contributed by atoms with Gasteiger partial charge in [0, 0.05) is 22.7 Å². The van der Waals surface area contributed by atoms with Crippen molar-refractivity contribution in [2.45, 2.75) is 38.3 Å². The molecular formula is C19H27ClN2O2S. The van der Waals surface area contributed by atoms with Crippen LogP contribution in [0.25, 0.3) is 0 Å². The summed E-state index contributed by atoms with van der Waals surface area (Å²) in [6, 6.07) is 8.04. The number of carbonyl (C=O) groups is 1. The van der Waals surface area contributed by atoms with Gasteiger partial charge in [-0.15, -0.1) is 0 Å². The second-order valence-corrected chi connectivity index (χ2v) is 8.54. The smallest absolute Gasteiger partial charge is 0.223 e. The first-order valence-electron chi connectivity index (χ1n) is 9.13. The zero-order chi connectivity index (χ0) is 17.6. The molecule has 2 atom stereocenters. The van der Waals surface area contributed by atoms with Gasteiger partial charge in [0.2, 0.25) is 5.91 Å². The van der Waals surface area contributed by atoms with Gasteiger partial charge in [0.05, 0.1) is 6.54 Å². The van der Waals surface area contributed by atoms with Gasteiger partial charge in [0.15, 0.2) is 0 Å². The van der Waals surface area contributed by atoms with Gasteiger partial charge in [-0.3, -0.25) is 9.69 Å². The average molecular weight is 383 g/mol. The Morgan fingerprint density at radius 3 is 2.68 bits per heavy atom. The number of thioether (sulfide) groups is 1. The number of piperidine rings is 1. The van der Waals surface area contributed by atoms with Gasteiger partial charge in [-0.25, -0.2) is 0 Å². The van der Waals surface area contributed by atoms with Gasteiger partial charge in [-0.1, -0.05) is 11.6 Å². The zero-order valence-corrected chi connectivity index (χ0v) is 16.3. The lowest BCUT2D eigenvalue weighted by atomic mass is 9.94. The van der Waals surface area contributed by atoms with E-state index in [1.54, 1.807) is 12.1 Å². The quantitative estimate of drug-likeness (QED) is 0.818. The van der Waals surface area contributed by atoms with E-state index >= 15 is 0 Å². The van der Waals surface area contributed by atoms with Crippen LogP contribution in [-0.4, -0.2) is 54.1 Å². The molecule has 4 nitrogen and oxygen atoms in total. The summed E-state index contributed by atoms with van der Waals surface area (Å²) in [6.07, 6.45) is 3.18.